The van der Waals surface area contributed by atoms with Gasteiger partial charge in [0.15, 0.2) is 0 Å². The van der Waals surface area contributed by atoms with Crippen LogP contribution in [-0.2, 0) is 19.6 Å². The molecule has 2 heterocycles. The number of hydrogen-bond donors (Lipinski definition) is 0. The second-order valence-electron chi connectivity index (χ2n) is 3.72. The molecule has 16 heavy (non-hydrogen) atoms. The monoisotopic (exact) mass is 246 g/mol. The molecular formula is C9H14N2O4S. The molecule has 1 atom stereocenters. The first-order valence-electron chi connectivity index (χ1n) is 5.06. The van der Waals surface area contributed by atoms with E-state index in [2.05, 4.69) is 6.58 Å². The highest BCUT2D eigenvalue weighted by Gasteiger charge is 2.42. The van der Waals surface area contributed by atoms with E-state index >= 15 is 0 Å². The lowest BCUT2D eigenvalue weighted by Crippen LogP contribution is -2.63. The zero-order chi connectivity index (χ0) is 11.8. The number of morpholine rings is 1. The molecule has 1 unspecified atom stereocenters. The van der Waals surface area contributed by atoms with E-state index in [9.17, 15) is 13.2 Å². The van der Waals surface area contributed by atoms with Gasteiger partial charge in [-0.3, -0.25) is 4.79 Å². The van der Waals surface area contributed by atoms with Crippen molar-refractivity contribution in [3.63, 3.8) is 0 Å². The summed E-state index contributed by atoms with van der Waals surface area (Å²) >= 11 is 0. The van der Waals surface area contributed by atoms with E-state index in [1.54, 1.807) is 0 Å². The topological polar surface area (TPSA) is 66.9 Å². The molecule has 2 aliphatic rings. The van der Waals surface area contributed by atoms with Crippen LogP contribution in [0.25, 0.3) is 0 Å². The Labute approximate surface area is 94.5 Å². The van der Waals surface area contributed by atoms with Crippen LogP contribution < -0.4 is 0 Å². The highest BCUT2D eigenvalue weighted by molar-refractivity contribution is 7.89. The third-order valence-electron chi connectivity index (χ3n) is 2.82. The fourth-order valence-electron chi connectivity index (χ4n) is 2.00. The average molecular weight is 246 g/mol. The molecule has 2 aliphatic heterocycles. The highest BCUT2D eigenvalue weighted by atomic mass is 32.2. The number of hydrogen-bond acceptors (Lipinski definition) is 4. The maximum atomic E-state index is 11.8. The summed E-state index contributed by atoms with van der Waals surface area (Å²) in [6, 6.07) is 0. The largest absolute Gasteiger partial charge is 0.376 e. The van der Waals surface area contributed by atoms with Crippen LogP contribution in [0.5, 0.6) is 0 Å². The first-order chi connectivity index (χ1) is 7.56. The zero-order valence-corrected chi connectivity index (χ0v) is 9.65. The number of carbonyl (C=O) groups is 1. The van der Waals surface area contributed by atoms with Gasteiger partial charge in [-0.25, -0.2) is 8.42 Å². The van der Waals surface area contributed by atoms with Crippen LogP contribution in [0.15, 0.2) is 12.7 Å². The minimum Gasteiger partial charge on any atom is -0.376 e. The van der Waals surface area contributed by atoms with Crippen LogP contribution in [-0.4, -0.2) is 61.8 Å². The summed E-state index contributed by atoms with van der Waals surface area (Å²) in [4.78, 5) is 13.1. The summed E-state index contributed by atoms with van der Waals surface area (Å²) in [5, 5.41) is 0. The molecule has 0 aliphatic carbocycles. The third kappa shape index (κ3) is 1.85. The highest BCUT2D eigenvalue weighted by Crippen LogP contribution is 2.21. The van der Waals surface area contributed by atoms with Gasteiger partial charge in [0.25, 0.3) is 0 Å². The van der Waals surface area contributed by atoms with Crippen molar-refractivity contribution >= 4 is 15.9 Å². The molecule has 2 rings (SSSR count). The number of nitrogens with zero attached hydrogens (tertiary/aromatic N) is 2. The van der Waals surface area contributed by atoms with Crippen molar-refractivity contribution in [2.45, 2.75) is 6.17 Å². The molecule has 0 radical (unpaired) electrons. The van der Waals surface area contributed by atoms with Gasteiger partial charge in [-0.05, 0) is 6.08 Å². The second-order valence-corrected chi connectivity index (χ2v) is 5.76. The van der Waals surface area contributed by atoms with Crippen LogP contribution in [0.2, 0.25) is 0 Å². The van der Waals surface area contributed by atoms with Crippen LogP contribution in [0.1, 0.15) is 0 Å². The zero-order valence-electron chi connectivity index (χ0n) is 8.83. The number of ether oxygens (including phenoxy) is 1. The third-order valence-corrected chi connectivity index (χ3v) is 4.66. The molecule has 0 aromatic carbocycles. The van der Waals surface area contributed by atoms with Gasteiger partial charge >= 0.3 is 0 Å². The summed E-state index contributed by atoms with van der Waals surface area (Å²) in [5.41, 5.74) is 0. The van der Waals surface area contributed by atoms with Gasteiger partial charge in [0.2, 0.25) is 15.9 Å². The van der Waals surface area contributed by atoms with Gasteiger partial charge in [-0.15, -0.1) is 0 Å². The maximum absolute atomic E-state index is 11.8. The van der Waals surface area contributed by atoms with Crippen molar-refractivity contribution in [3.8, 4) is 0 Å². The number of fused-ring (bicyclic) bond motifs is 1. The van der Waals surface area contributed by atoms with E-state index < -0.39 is 16.2 Å². The fraction of sp³-hybridized carbons (Fsp3) is 0.667. The Bertz CT molecular complexity index is 406. The van der Waals surface area contributed by atoms with Crippen molar-refractivity contribution < 1.29 is 17.9 Å². The Balaban J connectivity index is 2.27. The van der Waals surface area contributed by atoms with Gasteiger partial charge in [-0.2, -0.15) is 4.31 Å². The lowest BCUT2D eigenvalue weighted by atomic mass is 10.3. The Morgan fingerprint density at radius 2 is 2.19 bits per heavy atom. The summed E-state index contributed by atoms with van der Waals surface area (Å²) in [6.45, 7) is 4.55. The molecule has 0 aromatic rings. The lowest BCUT2D eigenvalue weighted by molar-refractivity contribution is -0.136. The molecule has 0 aromatic heterocycles. The van der Waals surface area contributed by atoms with E-state index in [4.69, 9.17) is 4.74 Å². The predicted molar refractivity (Wildman–Crippen MR) is 57.0 cm³/mol. The van der Waals surface area contributed by atoms with Gasteiger partial charge in [0, 0.05) is 13.1 Å². The average Bonchev–Trinajstić information content (AvgIpc) is 2.28. The Hall–Kier alpha value is -0.920. The first kappa shape index (κ1) is 11.6. The Morgan fingerprint density at radius 3 is 2.88 bits per heavy atom. The Kier molecular flexibility index (Phi) is 3.00. The molecule has 1 amide bonds. The summed E-state index contributed by atoms with van der Waals surface area (Å²) in [7, 11) is -3.23. The Morgan fingerprint density at radius 1 is 1.44 bits per heavy atom. The van der Waals surface area contributed by atoms with Gasteiger partial charge < -0.3 is 9.64 Å². The molecule has 0 N–H and O–H groups in total. The lowest BCUT2D eigenvalue weighted by Gasteiger charge is -2.44. The van der Waals surface area contributed by atoms with Crippen LogP contribution in [0, 0.1) is 0 Å². The molecule has 2 fully saturated rings. The molecular weight excluding hydrogens is 232 g/mol. The van der Waals surface area contributed by atoms with Crippen LogP contribution >= 0.6 is 0 Å². The normalized spacial score (nSPS) is 29.5. The van der Waals surface area contributed by atoms with Crippen molar-refractivity contribution in [2.24, 2.45) is 0 Å². The smallest absolute Gasteiger partial charge is 0.247 e. The van der Waals surface area contributed by atoms with E-state index in [0.29, 0.717) is 13.2 Å². The second kappa shape index (κ2) is 4.15. The number of sulfonamides is 1. The summed E-state index contributed by atoms with van der Waals surface area (Å²) in [6.07, 6.45) is 0.697. The number of carbonyl (C=O) groups excluding carboxylic acids is 1. The minimum atomic E-state index is -3.23. The van der Waals surface area contributed by atoms with Crippen molar-refractivity contribution in [1.82, 2.24) is 9.21 Å². The molecule has 0 bridgehead atoms. The molecule has 6 nitrogen and oxygen atoms in total. The van der Waals surface area contributed by atoms with Crippen molar-refractivity contribution in [3.05, 3.63) is 12.7 Å². The first-order valence-corrected chi connectivity index (χ1v) is 6.67. The summed E-state index contributed by atoms with van der Waals surface area (Å²) < 4.78 is 30.1. The van der Waals surface area contributed by atoms with Crippen molar-refractivity contribution in [2.75, 3.05) is 32.1 Å². The number of amides is 1. The SMILES string of the molecule is C=CC(=O)N1CCS(=O)(=O)N2CCOCC12. The molecule has 0 spiro atoms. The van der Waals surface area contributed by atoms with E-state index in [0.717, 1.165) is 0 Å². The van der Waals surface area contributed by atoms with Crippen LogP contribution in [0.4, 0.5) is 0 Å². The van der Waals surface area contributed by atoms with Gasteiger partial charge in [0.1, 0.15) is 6.17 Å². The molecule has 0 saturated carbocycles. The predicted octanol–water partition coefficient (Wildman–Crippen LogP) is -0.997. The minimum absolute atomic E-state index is 0.0247. The summed E-state index contributed by atoms with van der Waals surface area (Å²) in [5.74, 6) is -0.279. The van der Waals surface area contributed by atoms with Crippen LogP contribution in [0.3, 0.4) is 0 Å². The quantitative estimate of drug-likeness (QED) is 0.557. The van der Waals surface area contributed by atoms with Gasteiger partial charge in [0.05, 0.1) is 19.0 Å². The van der Waals surface area contributed by atoms with E-state index in [1.807, 2.05) is 0 Å². The maximum Gasteiger partial charge on any atom is 0.247 e. The van der Waals surface area contributed by atoms with E-state index in [-0.39, 0.29) is 24.8 Å². The molecule has 7 heteroatoms. The molecule has 2 saturated heterocycles. The van der Waals surface area contributed by atoms with Crippen molar-refractivity contribution in [1.29, 1.82) is 0 Å². The standard InChI is InChI=1S/C9H14N2O4S/c1-2-9(12)10-4-6-16(13,14)11-3-5-15-7-8(10)11/h2,8H,1,3-7H2. The van der Waals surface area contributed by atoms with Gasteiger partial charge in [-0.1, -0.05) is 6.58 Å². The molecule has 90 valence electrons. The van der Waals surface area contributed by atoms with E-state index in [1.165, 1.54) is 15.3 Å². The number of rotatable bonds is 1. The fourth-order valence-corrected chi connectivity index (χ4v) is 3.56.